The van der Waals surface area contributed by atoms with Crippen LogP contribution >= 0.6 is 23.4 Å². The Balaban J connectivity index is 1.90. The molecule has 128 valence electrons. The van der Waals surface area contributed by atoms with E-state index in [0.717, 1.165) is 11.3 Å². The summed E-state index contributed by atoms with van der Waals surface area (Å²) in [6, 6.07) is 14.0. The first-order valence-corrected chi connectivity index (χ1v) is 8.59. The third-order valence-electron chi connectivity index (χ3n) is 3.13. The molecule has 0 saturated heterocycles. The Bertz CT molecular complexity index is 686. The highest BCUT2D eigenvalue weighted by Gasteiger charge is 2.15. The molecule has 1 amide bonds. The van der Waals surface area contributed by atoms with E-state index >= 15 is 0 Å². The summed E-state index contributed by atoms with van der Waals surface area (Å²) in [6.07, 6.45) is 0. The predicted molar refractivity (Wildman–Crippen MR) is 93.9 cm³/mol. The first-order chi connectivity index (χ1) is 11.5. The Labute approximate surface area is 148 Å². The lowest BCUT2D eigenvalue weighted by atomic mass is 10.2. The fourth-order valence-corrected chi connectivity index (χ4v) is 2.96. The highest BCUT2D eigenvalue weighted by atomic mass is 35.5. The molecule has 1 atom stereocenters. The van der Waals surface area contributed by atoms with E-state index in [0.29, 0.717) is 5.69 Å². The highest BCUT2D eigenvalue weighted by Crippen LogP contribution is 2.29. The Morgan fingerprint density at radius 3 is 2.58 bits per heavy atom. The zero-order valence-electron chi connectivity index (χ0n) is 12.8. The summed E-state index contributed by atoms with van der Waals surface area (Å²) in [7, 11) is 0. The number of benzene rings is 2. The van der Waals surface area contributed by atoms with Crippen molar-refractivity contribution < 1.29 is 18.3 Å². The fourth-order valence-electron chi connectivity index (χ4n) is 1.89. The molecule has 24 heavy (non-hydrogen) atoms. The number of rotatable bonds is 7. The fraction of sp³-hybridized carbons (Fsp3) is 0.235. The van der Waals surface area contributed by atoms with Gasteiger partial charge in [-0.3, -0.25) is 4.79 Å². The maximum Gasteiger partial charge on any atom is 0.387 e. The number of thioether (sulfide) groups is 1. The van der Waals surface area contributed by atoms with Crippen LogP contribution in [0.4, 0.5) is 14.5 Å². The minimum atomic E-state index is -2.95. The van der Waals surface area contributed by atoms with Gasteiger partial charge in [0.15, 0.2) is 0 Å². The number of nitrogens with one attached hydrogen (secondary N) is 1. The van der Waals surface area contributed by atoms with Crippen LogP contribution in [0.2, 0.25) is 5.02 Å². The van der Waals surface area contributed by atoms with Crippen molar-refractivity contribution in [3.8, 4) is 5.75 Å². The molecule has 0 aliphatic carbocycles. The van der Waals surface area contributed by atoms with Crippen LogP contribution in [0.1, 0.15) is 12.5 Å². The molecule has 0 aromatic heterocycles. The van der Waals surface area contributed by atoms with Gasteiger partial charge in [-0.15, -0.1) is 11.8 Å². The summed E-state index contributed by atoms with van der Waals surface area (Å²) >= 11 is 7.37. The quantitative estimate of drug-likeness (QED) is 0.726. The summed E-state index contributed by atoms with van der Waals surface area (Å²) in [5, 5.41) is 2.45. The Kier molecular flexibility index (Phi) is 6.87. The van der Waals surface area contributed by atoms with E-state index < -0.39 is 6.61 Å². The van der Waals surface area contributed by atoms with Gasteiger partial charge in [0.25, 0.3) is 0 Å². The SMILES string of the molecule is C[C@@H](SCc1ccccc1)C(=O)Nc1ccc(OC(F)F)c(Cl)c1. The first kappa shape index (κ1) is 18.5. The molecule has 0 unspecified atom stereocenters. The number of carbonyl (C=O) groups is 1. The molecule has 0 aliphatic heterocycles. The summed E-state index contributed by atoms with van der Waals surface area (Å²) in [6.45, 7) is -1.14. The average Bonchev–Trinajstić information content (AvgIpc) is 2.55. The number of hydrogen-bond donors (Lipinski definition) is 1. The second-order valence-electron chi connectivity index (χ2n) is 4.95. The molecule has 0 saturated carbocycles. The van der Waals surface area contributed by atoms with Crippen LogP contribution in [0.3, 0.4) is 0 Å². The standard InChI is InChI=1S/C17H16ClF2NO2S/c1-11(24-10-12-5-3-2-4-6-12)16(22)21-13-7-8-15(14(18)9-13)23-17(19)20/h2-9,11,17H,10H2,1H3,(H,21,22)/t11-/m1/s1. The van der Waals surface area contributed by atoms with E-state index in [1.807, 2.05) is 30.3 Å². The van der Waals surface area contributed by atoms with Gasteiger partial charge in [-0.05, 0) is 30.7 Å². The van der Waals surface area contributed by atoms with Crippen molar-refractivity contribution in [1.29, 1.82) is 0 Å². The maximum absolute atomic E-state index is 12.2. The number of ether oxygens (including phenoxy) is 1. The first-order valence-electron chi connectivity index (χ1n) is 7.16. The third kappa shape index (κ3) is 5.69. The molecule has 0 radical (unpaired) electrons. The molecule has 2 aromatic carbocycles. The topological polar surface area (TPSA) is 38.3 Å². The van der Waals surface area contributed by atoms with Crippen LogP contribution in [0.15, 0.2) is 48.5 Å². The van der Waals surface area contributed by atoms with Gasteiger partial charge < -0.3 is 10.1 Å². The van der Waals surface area contributed by atoms with Crippen molar-refractivity contribution in [1.82, 2.24) is 0 Å². The second kappa shape index (κ2) is 8.89. The van der Waals surface area contributed by atoms with Gasteiger partial charge in [0.1, 0.15) is 5.75 Å². The minimum Gasteiger partial charge on any atom is -0.433 e. The summed E-state index contributed by atoms with van der Waals surface area (Å²) in [5.41, 5.74) is 1.57. The molecule has 2 aromatic rings. The molecular formula is C17H16ClF2NO2S. The van der Waals surface area contributed by atoms with Crippen molar-refractivity contribution in [3.63, 3.8) is 0 Å². The number of carbonyl (C=O) groups excluding carboxylic acids is 1. The number of amides is 1. The van der Waals surface area contributed by atoms with Crippen LogP contribution in [-0.2, 0) is 10.5 Å². The summed E-state index contributed by atoms with van der Waals surface area (Å²) < 4.78 is 28.6. The molecule has 0 fully saturated rings. The van der Waals surface area contributed by atoms with Crippen LogP contribution in [-0.4, -0.2) is 17.8 Å². The molecule has 0 spiro atoms. The Morgan fingerprint density at radius 1 is 1.25 bits per heavy atom. The molecule has 2 rings (SSSR count). The number of alkyl halides is 2. The van der Waals surface area contributed by atoms with Gasteiger partial charge in [-0.1, -0.05) is 41.9 Å². The van der Waals surface area contributed by atoms with Crippen LogP contribution < -0.4 is 10.1 Å². The Hall–Kier alpha value is -1.79. The molecular weight excluding hydrogens is 356 g/mol. The normalized spacial score (nSPS) is 12.0. The maximum atomic E-state index is 12.2. The second-order valence-corrected chi connectivity index (χ2v) is 6.69. The number of hydrogen-bond acceptors (Lipinski definition) is 3. The van der Waals surface area contributed by atoms with Gasteiger partial charge >= 0.3 is 6.61 Å². The van der Waals surface area contributed by atoms with Gasteiger partial charge in [-0.2, -0.15) is 8.78 Å². The minimum absolute atomic E-state index is 0.0118. The van der Waals surface area contributed by atoms with E-state index in [2.05, 4.69) is 10.1 Å². The molecule has 0 heterocycles. The molecule has 3 nitrogen and oxygen atoms in total. The zero-order chi connectivity index (χ0) is 17.5. The monoisotopic (exact) mass is 371 g/mol. The van der Waals surface area contributed by atoms with E-state index in [1.165, 1.54) is 30.0 Å². The number of halogens is 3. The van der Waals surface area contributed by atoms with Crippen molar-refractivity contribution in [2.45, 2.75) is 24.5 Å². The van der Waals surface area contributed by atoms with Crippen molar-refractivity contribution >= 4 is 35.0 Å². The van der Waals surface area contributed by atoms with E-state index in [-0.39, 0.29) is 21.9 Å². The average molecular weight is 372 g/mol. The summed E-state index contributed by atoms with van der Waals surface area (Å²) in [5.74, 6) is 0.405. The van der Waals surface area contributed by atoms with E-state index in [4.69, 9.17) is 11.6 Å². The van der Waals surface area contributed by atoms with Gasteiger partial charge in [-0.25, -0.2) is 0 Å². The van der Waals surface area contributed by atoms with E-state index in [9.17, 15) is 13.6 Å². The lowest BCUT2D eigenvalue weighted by Gasteiger charge is -2.13. The van der Waals surface area contributed by atoms with Crippen LogP contribution in [0.25, 0.3) is 0 Å². The van der Waals surface area contributed by atoms with Crippen LogP contribution in [0, 0.1) is 0 Å². The van der Waals surface area contributed by atoms with Crippen LogP contribution in [0.5, 0.6) is 5.75 Å². The lowest BCUT2D eigenvalue weighted by molar-refractivity contribution is -0.115. The highest BCUT2D eigenvalue weighted by molar-refractivity contribution is 7.99. The van der Waals surface area contributed by atoms with Crippen molar-refractivity contribution in [3.05, 3.63) is 59.1 Å². The zero-order valence-corrected chi connectivity index (χ0v) is 14.4. The molecule has 7 heteroatoms. The van der Waals surface area contributed by atoms with Crippen molar-refractivity contribution in [2.75, 3.05) is 5.32 Å². The van der Waals surface area contributed by atoms with Crippen molar-refractivity contribution in [2.24, 2.45) is 0 Å². The lowest BCUT2D eigenvalue weighted by Crippen LogP contribution is -2.22. The predicted octanol–water partition coefficient (Wildman–Crippen LogP) is 5.20. The van der Waals surface area contributed by atoms with Gasteiger partial charge in [0.05, 0.1) is 10.3 Å². The molecule has 0 aliphatic rings. The summed E-state index contributed by atoms with van der Waals surface area (Å²) in [4.78, 5) is 12.2. The van der Waals surface area contributed by atoms with Gasteiger partial charge in [0, 0.05) is 11.4 Å². The molecule has 0 bridgehead atoms. The van der Waals surface area contributed by atoms with E-state index in [1.54, 1.807) is 6.92 Å². The number of anilines is 1. The Morgan fingerprint density at radius 2 is 1.96 bits per heavy atom. The molecule has 1 N–H and O–H groups in total. The largest absolute Gasteiger partial charge is 0.433 e. The van der Waals surface area contributed by atoms with Gasteiger partial charge in [0.2, 0.25) is 5.91 Å². The smallest absolute Gasteiger partial charge is 0.387 e. The third-order valence-corrected chi connectivity index (χ3v) is 4.64.